The Hall–Kier alpha value is -1.52. The van der Waals surface area contributed by atoms with E-state index >= 15 is 0 Å². The Kier molecular flexibility index (Phi) is 4.15. The average Bonchev–Trinajstić information content (AvgIpc) is 2.18. The van der Waals surface area contributed by atoms with Gasteiger partial charge in [0.1, 0.15) is 0 Å². The van der Waals surface area contributed by atoms with Crippen LogP contribution in [0, 0.1) is 5.92 Å². The van der Waals surface area contributed by atoms with Gasteiger partial charge in [0.15, 0.2) is 0 Å². The Morgan fingerprint density at radius 1 is 1.47 bits per heavy atom. The standard InChI is InChI=1S/C10H16N2O3/c1-2-15-9(13)7-5-3-4-6-8(7)12-10(11)14/h3-4,7-8H,2,5-6H2,1H3,(H3,11,12,14)/t7-,8+/m1/s1. The van der Waals surface area contributed by atoms with Gasteiger partial charge in [0.25, 0.3) is 0 Å². The molecule has 0 aliphatic heterocycles. The molecule has 0 aromatic rings. The van der Waals surface area contributed by atoms with Crippen molar-refractivity contribution in [3.63, 3.8) is 0 Å². The molecule has 2 amide bonds. The first-order valence-electron chi connectivity index (χ1n) is 5.02. The largest absolute Gasteiger partial charge is 0.466 e. The van der Waals surface area contributed by atoms with Crippen molar-refractivity contribution in [2.45, 2.75) is 25.8 Å². The maximum atomic E-state index is 11.5. The van der Waals surface area contributed by atoms with Crippen molar-refractivity contribution in [3.05, 3.63) is 12.2 Å². The van der Waals surface area contributed by atoms with Crippen LogP contribution in [0.25, 0.3) is 0 Å². The molecule has 0 bridgehead atoms. The summed E-state index contributed by atoms with van der Waals surface area (Å²) in [5, 5.41) is 2.56. The summed E-state index contributed by atoms with van der Waals surface area (Å²) < 4.78 is 4.93. The van der Waals surface area contributed by atoms with Gasteiger partial charge in [0.05, 0.1) is 12.5 Å². The van der Waals surface area contributed by atoms with Crippen molar-refractivity contribution in [2.24, 2.45) is 11.7 Å². The number of carbonyl (C=O) groups excluding carboxylic acids is 2. The van der Waals surface area contributed by atoms with E-state index in [4.69, 9.17) is 10.5 Å². The van der Waals surface area contributed by atoms with Crippen LogP contribution in [0.3, 0.4) is 0 Å². The third-order valence-electron chi connectivity index (χ3n) is 2.35. The van der Waals surface area contributed by atoms with E-state index in [0.29, 0.717) is 19.4 Å². The number of amides is 2. The minimum Gasteiger partial charge on any atom is -0.466 e. The molecular weight excluding hydrogens is 196 g/mol. The van der Waals surface area contributed by atoms with Crippen LogP contribution in [0.2, 0.25) is 0 Å². The van der Waals surface area contributed by atoms with E-state index in [-0.39, 0.29) is 17.9 Å². The Morgan fingerprint density at radius 2 is 2.13 bits per heavy atom. The summed E-state index contributed by atoms with van der Waals surface area (Å²) in [7, 11) is 0. The highest BCUT2D eigenvalue weighted by atomic mass is 16.5. The van der Waals surface area contributed by atoms with E-state index < -0.39 is 6.03 Å². The zero-order valence-corrected chi connectivity index (χ0v) is 8.73. The number of carbonyl (C=O) groups is 2. The molecule has 0 unspecified atom stereocenters. The zero-order chi connectivity index (χ0) is 11.3. The number of hydrogen-bond donors (Lipinski definition) is 2. The molecule has 0 radical (unpaired) electrons. The molecule has 0 saturated carbocycles. The fraction of sp³-hybridized carbons (Fsp3) is 0.600. The second-order valence-corrected chi connectivity index (χ2v) is 3.42. The SMILES string of the molecule is CCOC(=O)[C@@H]1CC=CC[C@@H]1NC(N)=O. The predicted molar refractivity (Wildman–Crippen MR) is 55.0 cm³/mol. The highest BCUT2D eigenvalue weighted by Gasteiger charge is 2.30. The molecule has 0 fully saturated rings. The summed E-state index contributed by atoms with van der Waals surface area (Å²) in [6.07, 6.45) is 5.05. The number of hydrogen-bond acceptors (Lipinski definition) is 3. The van der Waals surface area contributed by atoms with Crippen LogP contribution in [0.1, 0.15) is 19.8 Å². The molecule has 0 spiro atoms. The lowest BCUT2D eigenvalue weighted by Crippen LogP contribution is -2.46. The van der Waals surface area contributed by atoms with Crippen molar-refractivity contribution >= 4 is 12.0 Å². The molecular formula is C10H16N2O3. The minimum absolute atomic E-state index is 0.244. The molecule has 1 aliphatic rings. The Balaban J connectivity index is 2.62. The molecule has 0 aromatic heterocycles. The molecule has 5 heteroatoms. The molecule has 0 aromatic carbocycles. The van der Waals surface area contributed by atoms with Crippen molar-refractivity contribution in [1.82, 2.24) is 5.32 Å². The fourth-order valence-corrected chi connectivity index (χ4v) is 1.67. The van der Waals surface area contributed by atoms with E-state index in [9.17, 15) is 9.59 Å². The van der Waals surface area contributed by atoms with Gasteiger partial charge in [-0.2, -0.15) is 0 Å². The zero-order valence-electron chi connectivity index (χ0n) is 8.73. The number of rotatable bonds is 3. The summed E-state index contributed by atoms with van der Waals surface area (Å²) >= 11 is 0. The lowest BCUT2D eigenvalue weighted by molar-refractivity contribution is -0.149. The number of ether oxygens (including phenoxy) is 1. The predicted octanol–water partition coefficient (Wildman–Crippen LogP) is 0.553. The number of esters is 1. The third-order valence-corrected chi connectivity index (χ3v) is 2.35. The molecule has 15 heavy (non-hydrogen) atoms. The molecule has 1 aliphatic carbocycles. The van der Waals surface area contributed by atoms with E-state index in [1.807, 2.05) is 12.2 Å². The molecule has 3 N–H and O–H groups in total. The van der Waals surface area contributed by atoms with Crippen LogP contribution >= 0.6 is 0 Å². The molecule has 1 rings (SSSR count). The van der Waals surface area contributed by atoms with Crippen LogP contribution < -0.4 is 11.1 Å². The third kappa shape index (κ3) is 3.27. The number of primary amides is 1. The summed E-state index contributed by atoms with van der Waals surface area (Å²) in [6, 6.07) is -0.851. The first-order valence-corrected chi connectivity index (χ1v) is 5.02. The van der Waals surface area contributed by atoms with Gasteiger partial charge in [-0.25, -0.2) is 4.79 Å². The summed E-state index contributed by atoms with van der Waals surface area (Å²) in [4.78, 5) is 22.3. The Bertz CT molecular complexity index is 276. The second kappa shape index (κ2) is 5.38. The van der Waals surface area contributed by atoms with Crippen molar-refractivity contribution in [1.29, 1.82) is 0 Å². The topological polar surface area (TPSA) is 81.4 Å². The first-order chi connectivity index (χ1) is 7.15. The van der Waals surface area contributed by atoms with Crippen molar-refractivity contribution in [2.75, 3.05) is 6.61 Å². The Morgan fingerprint density at radius 3 is 2.73 bits per heavy atom. The van der Waals surface area contributed by atoms with Gasteiger partial charge in [0.2, 0.25) is 0 Å². The van der Waals surface area contributed by atoms with Crippen LogP contribution in [0.15, 0.2) is 12.2 Å². The minimum atomic E-state index is -0.607. The first kappa shape index (κ1) is 11.6. The molecule has 0 saturated heterocycles. The number of allylic oxidation sites excluding steroid dienone is 1. The van der Waals surface area contributed by atoms with Gasteiger partial charge < -0.3 is 15.8 Å². The normalized spacial score (nSPS) is 24.6. The van der Waals surface area contributed by atoms with Crippen molar-refractivity contribution < 1.29 is 14.3 Å². The molecule has 2 atom stereocenters. The highest BCUT2D eigenvalue weighted by molar-refractivity contribution is 5.77. The monoisotopic (exact) mass is 212 g/mol. The molecule has 0 heterocycles. The van der Waals surface area contributed by atoms with Gasteiger partial charge in [-0.15, -0.1) is 0 Å². The van der Waals surface area contributed by atoms with Gasteiger partial charge >= 0.3 is 12.0 Å². The van der Waals surface area contributed by atoms with Crippen molar-refractivity contribution in [3.8, 4) is 0 Å². The number of nitrogens with one attached hydrogen (secondary N) is 1. The second-order valence-electron chi connectivity index (χ2n) is 3.42. The van der Waals surface area contributed by atoms with E-state index in [0.717, 1.165) is 0 Å². The van der Waals surface area contributed by atoms with Crippen LogP contribution in [-0.2, 0) is 9.53 Å². The van der Waals surface area contributed by atoms with Gasteiger partial charge in [-0.3, -0.25) is 4.79 Å². The quantitative estimate of drug-likeness (QED) is 0.529. The van der Waals surface area contributed by atoms with Crippen LogP contribution in [0.4, 0.5) is 4.79 Å². The average molecular weight is 212 g/mol. The smallest absolute Gasteiger partial charge is 0.312 e. The summed E-state index contributed by atoms with van der Waals surface area (Å²) in [5.41, 5.74) is 5.03. The van der Waals surface area contributed by atoms with Gasteiger partial charge in [0, 0.05) is 6.04 Å². The summed E-state index contributed by atoms with van der Waals surface area (Å²) in [5.74, 6) is -0.594. The molecule has 5 nitrogen and oxygen atoms in total. The van der Waals surface area contributed by atoms with E-state index in [2.05, 4.69) is 5.32 Å². The highest BCUT2D eigenvalue weighted by Crippen LogP contribution is 2.20. The number of urea groups is 1. The fourth-order valence-electron chi connectivity index (χ4n) is 1.67. The summed E-state index contributed by atoms with van der Waals surface area (Å²) in [6.45, 7) is 2.11. The maximum Gasteiger partial charge on any atom is 0.312 e. The van der Waals surface area contributed by atoms with Crippen LogP contribution in [0.5, 0.6) is 0 Å². The lowest BCUT2D eigenvalue weighted by Gasteiger charge is -2.26. The van der Waals surface area contributed by atoms with Gasteiger partial charge in [-0.1, -0.05) is 12.2 Å². The number of nitrogens with two attached hydrogens (primary N) is 1. The van der Waals surface area contributed by atoms with E-state index in [1.54, 1.807) is 6.92 Å². The Labute approximate surface area is 88.7 Å². The lowest BCUT2D eigenvalue weighted by atomic mass is 9.89. The van der Waals surface area contributed by atoms with E-state index in [1.165, 1.54) is 0 Å². The maximum absolute atomic E-state index is 11.5. The van der Waals surface area contributed by atoms with Crippen LogP contribution in [-0.4, -0.2) is 24.6 Å². The molecule has 84 valence electrons. The van der Waals surface area contributed by atoms with Gasteiger partial charge in [-0.05, 0) is 19.8 Å².